The molecule has 2 aromatic rings. The first kappa shape index (κ1) is 23.4. The van der Waals surface area contributed by atoms with Gasteiger partial charge in [-0.1, -0.05) is 30.3 Å². The van der Waals surface area contributed by atoms with Crippen molar-refractivity contribution < 1.29 is 28.7 Å². The number of carbonyl (C=O) groups excluding carboxylic acids is 4. The quantitative estimate of drug-likeness (QED) is 0.360. The summed E-state index contributed by atoms with van der Waals surface area (Å²) >= 11 is 0. The SMILES string of the molecule is O=C1CCC[C@H](N2C(=O)c3cccc(OCc4ccc(CN5CCOCC5)cc4)c3C2=O)C(=O)C1. The van der Waals surface area contributed by atoms with Crippen molar-refractivity contribution in [1.82, 2.24) is 9.80 Å². The fraction of sp³-hybridized carbons (Fsp3) is 0.407. The Morgan fingerprint density at radius 3 is 2.43 bits per heavy atom. The predicted molar refractivity (Wildman–Crippen MR) is 126 cm³/mol. The number of Topliss-reactive ketones (excluding diaryl/α,β-unsaturated/α-hetero) is 2. The molecule has 0 aromatic heterocycles. The predicted octanol–water partition coefficient (Wildman–Crippen LogP) is 2.77. The molecule has 0 spiro atoms. The number of ketones is 2. The van der Waals surface area contributed by atoms with Gasteiger partial charge in [-0.15, -0.1) is 0 Å². The molecule has 0 radical (unpaired) electrons. The number of ether oxygens (including phenoxy) is 2. The monoisotopic (exact) mass is 476 g/mol. The van der Waals surface area contributed by atoms with Crippen molar-refractivity contribution in [2.24, 2.45) is 0 Å². The first-order valence-electron chi connectivity index (χ1n) is 12.1. The lowest BCUT2D eigenvalue weighted by atomic mass is 10.1. The van der Waals surface area contributed by atoms with E-state index in [0.717, 1.165) is 43.3 Å². The van der Waals surface area contributed by atoms with Gasteiger partial charge in [0.15, 0.2) is 5.78 Å². The highest BCUT2D eigenvalue weighted by atomic mass is 16.5. The van der Waals surface area contributed by atoms with Gasteiger partial charge in [0.05, 0.1) is 36.8 Å². The lowest BCUT2D eigenvalue weighted by Gasteiger charge is -2.26. The van der Waals surface area contributed by atoms with E-state index >= 15 is 0 Å². The average molecular weight is 477 g/mol. The van der Waals surface area contributed by atoms with Gasteiger partial charge in [-0.2, -0.15) is 0 Å². The molecule has 35 heavy (non-hydrogen) atoms. The van der Waals surface area contributed by atoms with Crippen LogP contribution in [0.25, 0.3) is 0 Å². The normalized spacial score (nSPS) is 21.3. The molecule has 0 unspecified atom stereocenters. The summed E-state index contributed by atoms with van der Waals surface area (Å²) in [5.41, 5.74) is 2.57. The molecule has 5 rings (SSSR count). The van der Waals surface area contributed by atoms with Crippen molar-refractivity contribution in [3.63, 3.8) is 0 Å². The number of morpholine rings is 1. The standard InChI is InChI=1S/C27H28N2O6/c30-20-3-1-5-22(23(31)15-20)29-26(32)21-4-2-6-24(25(21)27(29)33)35-17-19-9-7-18(8-10-19)16-28-11-13-34-14-12-28/h2,4,6-10,22H,1,3,5,11-17H2/t22-/m0/s1. The van der Waals surface area contributed by atoms with E-state index in [2.05, 4.69) is 17.0 Å². The Hall–Kier alpha value is -3.36. The van der Waals surface area contributed by atoms with Crippen LogP contribution in [0.2, 0.25) is 0 Å². The van der Waals surface area contributed by atoms with E-state index in [4.69, 9.17) is 9.47 Å². The number of benzene rings is 2. The molecule has 2 heterocycles. The average Bonchev–Trinajstić information content (AvgIpc) is 3.00. The van der Waals surface area contributed by atoms with Gasteiger partial charge in [0.2, 0.25) is 0 Å². The van der Waals surface area contributed by atoms with Crippen molar-refractivity contribution in [3.8, 4) is 5.75 Å². The summed E-state index contributed by atoms with van der Waals surface area (Å²) in [5.74, 6) is -1.24. The fourth-order valence-corrected chi connectivity index (χ4v) is 4.92. The topological polar surface area (TPSA) is 93.2 Å². The van der Waals surface area contributed by atoms with Crippen molar-refractivity contribution >= 4 is 23.4 Å². The molecular formula is C27H28N2O6. The van der Waals surface area contributed by atoms with Gasteiger partial charge in [0, 0.05) is 26.1 Å². The lowest BCUT2D eigenvalue weighted by molar-refractivity contribution is -0.128. The molecule has 1 saturated carbocycles. The van der Waals surface area contributed by atoms with E-state index in [1.54, 1.807) is 18.2 Å². The molecule has 1 atom stereocenters. The summed E-state index contributed by atoms with van der Waals surface area (Å²) < 4.78 is 11.4. The van der Waals surface area contributed by atoms with Gasteiger partial charge >= 0.3 is 0 Å². The van der Waals surface area contributed by atoms with Gasteiger partial charge in [-0.05, 0) is 36.1 Å². The highest BCUT2D eigenvalue weighted by Crippen LogP contribution is 2.34. The number of rotatable bonds is 6. The number of nitrogens with zero attached hydrogens (tertiary/aromatic N) is 2. The first-order chi connectivity index (χ1) is 17.0. The molecule has 8 heteroatoms. The van der Waals surface area contributed by atoms with Crippen molar-refractivity contribution in [1.29, 1.82) is 0 Å². The number of hydrogen-bond acceptors (Lipinski definition) is 7. The largest absolute Gasteiger partial charge is 0.488 e. The van der Waals surface area contributed by atoms with Crippen LogP contribution in [0.3, 0.4) is 0 Å². The lowest BCUT2D eigenvalue weighted by Crippen LogP contribution is -2.44. The second kappa shape index (κ2) is 10.1. The minimum Gasteiger partial charge on any atom is -0.488 e. The zero-order chi connectivity index (χ0) is 24.4. The van der Waals surface area contributed by atoms with Crippen LogP contribution in [0.1, 0.15) is 57.5 Å². The molecule has 182 valence electrons. The summed E-state index contributed by atoms with van der Waals surface area (Å²) in [5, 5.41) is 0. The zero-order valence-electron chi connectivity index (χ0n) is 19.5. The highest BCUT2D eigenvalue weighted by Gasteiger charge is 2.45. The number of imide groups is 1. The third kappa shape index (κ3) is 4.90. The maximum absolute atomic E-state index is 13.3. The van der Waals surface area contributed by atoms with Crippen LogP contribution < -0.4 is 4.74 Å². The Labute approximate surface area is 203 Å². The molecule has 0 N–H and O–H groups in total. The van der Waals surface area contributed by atoms with Crippen molar-refractivity contribution in [2.75, 3.05) is 26.3 Å². The fourth-order valence-electron chi connectivity index (χ4n) is 4.92. The van der Waals surface area contributed by atoms with E-state index in [1.165, 1.54) is 5.56 Å². The van der Waals surface area contributed by atoms with E-state index in [-0.39, 0.29) is 35.7 Å². The molecule has 3 aliphatic rings. The summed E-state index contributed by atoms with van der Waals surface area (Å²) in [6.45, 7) is 4.49. The van der Waals surface area contributed by atoms with Crippen LogP contribution in [0, 0.1) is 0 Å². The number of carbonyl (C=O) groups is 4. The summed E-state index contributed by atoms with van der Waals surface area (Å²) in [4.78, 5) is 54.1. The third-order valence-electron chi connectivity index (χ3n) is 6.82. The molecule has 2 amide bonds. The molecule has 2 aliphatic heterocycles. The van der Waals surface area contributed by atoms with E-state index in [1.807, 2.05) is 12.1 Å². The van der Waals surface area contributed by atoms with Gasteiger partial charge in [-0.25, -0.2) is 0 Å². The van der Waals surface area contributed by atoms with E-state index < -0.39 is 17.9 Å². The maximum atomic E-state index is 13.3. The van der Waals surface area contributed by atoms with Crippen LogP contribution in [0.5, 0.6) is 5.75 Å². The Balaban J connectivity index is 1.28. The molecule has 2 aromatic carbocycles. The van der Waals surface area contributed by atoms with E-state index in [9.17, 15) is 19.2 Å². The number of amides is 2. The van der Waals surface area contributed by atoms with E-state index in [0.29, 0.717) is 25.0 Å². The van der Waals surface area contributed by atoms with Crippen LogP contribution in [0.4, 0.5) is 0 Å². The summed E-state index contributed by atoms with van der Waals surface area (Å²) in [7, 11) is 0. The highest BCUT2D eigenvalue weighted by molar-refractivity contribution is 6.24. The summed E-state index contributed by atoms with van der Waals surface area (Å²) in [6.07, 6.45) is 0.852. The van der Waals surface area contributed by atoms with Crippen LogP contribution in [0.15, 0.2) is 42.5 Å². The van der Waals surface area contributed by atoms with Crippen molar-refractivity contribution in [2.45, 2.75) is 44.9 Å². The van der Waals surface area contributed by atoms with Gasteiger partial charge in [-0.3, -0.25) is 29.0 Å². The Bertz CT molecular complexity index is 1150. The molecule has 0 bridgehead atoms. The maximum Gasteiger partial charge on any atom is 0.266 e. The van der Waals surface area contributed by atoms with Gasteiger partial charge in [0.1, 0.15) is 18.1 Å². The Morgan fingerprint density at radius 2 is 1.66 bits per heavy atom. The minimum atomic E-state index is -0.902. The number of fused-ring (bicyclic) bond motifs is 1. The smallest absolute Gasteiger partial charge is 0.266 e. The zero-order valence-corrected chi connectivity index (χ0v) is 19.5. The third-order valence-corrected chi connectivity index (χ3v) is 6.82. The van der Waals surface area contributed by atoms with Crippen LogP contribution in [-0.2, 0) is 27.5 Å². The van der Waals surface area contributed by atoms with Gasteiger partial charge in [0.25, 0.3) is 11.8 Å². The molecule has 2 fully saturated rings. The van der Waals surface area contributed by atoms with Crippen molar-refractivity contribution in [3.05, 3.63) is 64.7 Å². The van der Waals surface area contributed by atoms with Crippen LogP contribution in [-0.4, -0.2) is 65.5 Å². The Morgan fingerprint density at radius 1 is 0.914 bits per heavy atom. The van der Waals surface area contributed by atoms with Crippen LogP contribution >= 0.6 is 0 Å². The number of hydrogen-bond donors (Lipinski definition) is 0. The summed E-state index contributed by atoms with van der Waals surface area (Å²) in [6, 6.07) is 12.2. The first-order valence-corrected chi connectivity index (χ1v) is 12.1. The second-order valence-corrected chi connectivity index (χ2v) is 9.24. The molecule has 1 saturated heterocycles. The molecular weight excluding hydrogens is 448 g/mol. The molecule has 1 aliphatic carbocycles. The minimum absolute atomic E-state index is 0.144. The molecule has 8 nitrogen and oxygen atoms in total. The Kier molecular flexibility index (Phi) is 6.74. The second-order valence-electron chi connectivity index (χ2n) is 9.24. The van der Waals surface area contributed by atoms with Gasteiger partial charge < -0.3 is 9.47 Å².